The zero-order valence-electron chi connectivity index (χ0n) is 10.7. The molecule has 1 aromatic carbocycles. The highest BCUT2D eigenvalue weighted by Crippen LogP contribution is 2.20. The Morgan fingerprint density at radius 2 is 1.75 bits per heavy atom. The number of nitrogens with one attached hydrogen (secondary N) is 1. The van der Waals surface area contributed by atoms with Crippen LogP contribution < -0.4 is 5.32 Å². The number of aliphatic carboxylic acids is 1. The Bertz CT molecular complexity index is 525. The minimum atomic E-state index is -1.16. The Kier molecular flexibility index (Phi) is 6.35. The van der Waals surface area contributed by atoms with Crippen molar-refractivity contribution in [1.82, 2.24) is 5.32 Å². The van der Waals surface area contributed by atoms with Crippen molar-refractivity contribution in [3.05, 3.63) is 32.7 Å². The molecule has 0 spiro atoms. The smallest absolute Gasteiger partial charge is 0.326 e. The first-order valence-electron chi connectivity index (χ1n) is 5.79. The molecule has 0 aliphatic carbocycles. The van der Waals surface area contributed by atoms with Crippen LogP contribution in [0.1, 0.15) is 30.1 Å². The monoisotopic (exact) mass is 405 g/mol. The summed E-state index contributed by atoms with van der Waals surface area (Å²) in [7, 11) is 0. The summed E-state index contributed by atoms with van der Waals surface area (Å²) in [5, 5.41) is 11.5. The molecule has 1 aromatic rings. The van der Waals surface area contributed by atoms with Gasteiger partial charge in [0.05, 0.1) is 0 Å². The number of amides is 1. The zero-order valence-corrected chi connectivity index (χ0v) is 13.8. The van der Waals surface area contributed by atoms with E-state index in [2.05, 4.69) is 37.2 Å². The van der Waals surface area contributed by atoms with E-state index in [4.69, 9.17) is 5.11 Å². The lowest BCUT2D eigenvalue weighted by atomic mass is 10.1. The van der Waals surface area contributed by atoms with Gasteiger partial charge in [-0.1, -0.05) is 31.9 Å². The predicted molar refractivity (Wildman–Crippen MR) is 80.6 cm³/mol. The molecule has 0 fully saturated rings. The van der Waals surface area contributed by atoms with Gasteiger partial charge in [-0.3, -0.25) is 4.79 Å². The molecule has 0 radical (unpaired) electrons. The number of halogens is 2. The molecule has 0 unspecified atom stereocenters. The van der Waals surface area contributed by atoms with Crippen molar-refractivity contribution in [2.75, 3.05) is 0 Å². The molecule has 5 nitrogen and oxygen atoms in total. The van der Waals surface area contributed by atoms with Crippen LogP contribution >= 0.6 is 31.9 Å². The fourth-order valence-corrected chi connectivity index (χ4v) is 2.83. The Morgan fingerprint density at radius 3 is 2.20 bits per heavy atom. The third-order valence-corrected chi connectivity index (χ3v) is 3.43. The van der Waals surface area contributed by atoms with E-state index in [1.165, 1.54) is 6.92 Å². The van der Waals surface area contributed by atoms with Crippen LogP contribution in [0.5, 0.6) is 0 Å². The molecule has 108 valence electrons. The molecule has 0 saturated carbocycles. The normalized spacial score (nSPS) is 11.8. The van der Waals surface area contributed by atoms with E-state index in [-0.39, 0.29) is 18.6 Å². The van der Waals surface area contributed by atoms with Crippen LogP contribution in [0.25, 0.3) is 0 Å². The maximum Gasteiger partial charge on any atom is 0.326 e. The van der Waals surface area contributed by atoms with Crippen molar-refractivity contribution < 1.29 is 19.5 Å². The van der Waals surface area contributed by atoms with E-state index in [1.54, 1.807) is 18.2 Å². The highest BCUT2D eigenvalue weighted by molar-refractivity contribution is 9.11. The Balaban J connectivity index is 2.79. The number of carbonyl (C=O) groups is 3. The van der Waals surface area contributed by atoms with E-state index in [0.29, 0.717) is 14.5 Å². The van der Waals surface area contributed by atoms with Crippen LogP contribution in [0, 0.1) is 0 Å². The van der Waals surface area contributed by atoms with E-state index in [0.717, 1.165) is 0 Å². The molecule has 1 atom stereocenters. The third-order valence-electron chi connectivity index (χ3n) is 2.51. The maximum absolute atomic E-state index is 12.0. The van der Waals surface area contributed by atoms with Gasteiger partial charge in [-0.15, -0.1) is 0 Å². The van der Waals surface area contributed by atoms with E-state index in [1.807, 2.05) is 0 Å². The van der Waals surface area contributed by atoms with Crippen LogP contribution in [0.4, 0.5) is 0 Å². The molecule has 1 amide bonds. The quantitative estimate of drug-likeness (QED) is 0.760. The first-order valence-corrected chi connectivity index (χ1v) is 7.37. The molecule has 0 saturated heterocycles. The molecule has 0 aromatic heterocycles. The van der Waals surface area contributed by atoms with Crippen molar-refractivity contribution in [3.63, 3.8) is 0 Å². The van der Waals surface area contributed by atoms with Gasteiger partial charge >= 0.3 is 5.97 Å². The fraction of sp³-hybridized carbons (Fsp3) is 0.308. The number of carbonyl (C=O) groups excluding carboxylic acids is 2. The van der Waals surface area contributed by atoms with E-state index >= 15 is 0 Å². The van der Waals surface area contributed by atoms with Gasteiger partial charge in [-0.25, -0.2) is 4.79 Å². The summed E-state index contributed by atoms with van der Waals surface area (Å²) in [6.45, 7) is 1.38. The van der Waals surface area contributed by atoms with Crippen LogP contribution in [0.15, 0.2) is 27.1 Å². The van der Waals surface area contributed by atoms with Gasteiger partial charge < -0.3 is 15.2 Å². The van der Waals surface area contributed by atoms with Gasteiger partial charge in [-0.2, -0.15) is 0 Å². The average molecular weight is 407 g/mol. The molecule has 20 heavy (non-hydrogen) atoms. The lowest BCUT2D eigenvalue weighted by Gasteiger charge is -2.14. The molecular weight excluding hydrogens is 394 g/mol. The second kappa shape index (κ2) is 7.54. The summed E-state index contributed by atoms with van der Waals surface area (Å²) in [6, 6.07) is 3.86. The summed E-state index contributed by atoms with van der Waals surface area (Å²) in [5.41, 5.74) is 0.334. The summed E-state index contributed by atoms with van der Waals surface area (Å²) >= 11 is 6.51. The molecule has 0 heterocycles. The number of ketones is 1. The Morgan fingerprint density at radius 1 is 1.20 bits per heavy atom. The zero-order chi connectivity index (χ0) is 15.3. The lowest BCUT2D eigenvalue weighted by Crippen LogP contribution is -2.41. The SMILES string of the molecule is CC(=O)CC[C@H](NC(=O)c1cc(Br)cc(Br)c1)C(=O)O. The third kappa shape index (κ3) is 5.42. The summed E-state index contributed by atoms with van der Waals surface area (Å²) in [6.07, 6.45) is 0.186. The number of rotatable bonds is 6. The largest absolute Gasteiger partial charge is 0.480 e. The minimum Gasteiger partial charge on any atom is -0.480 e. The van der Waals surface area contributed by atoms with Gasteiger partial charge in [0.15, 0.2) is 0 Å². The van der Waals surface area contributed by atoms with Gasteiger partial charge in [-0.05, 0) is 31.5 Å². The number of carboxylic acid groups (broad SMARTS) is 1. The standard InChI is InChI=1S/C13H13Br2NO4/c1-7(17)2-3-11(13(19)20)16-12(18)8-4-9(14)6-10(15)5-8/h4-6,11H,2-3H2,1H3,(H,16,18)(H,19,20)/t11-/m0/s1. The highest BCUT2D eigenvalue weighted by Gasteiger charge is 2.21. The molecule has 0 aliphatic heterocycles. The van der Waals surface area contributed by atoms with Crippen LogP contribution in [-0.2, 0) is 9.59 Å². The highest BCUT2D eigenvalue weighted by atomic mass is 79.9. The van der Waals surface area contributed by atoms with Gasteiger partial charge in [0.2, 0.25) is 0 Å². The number of carboxylic acids is 1. The van der Waals surface area contributed by atoms with Crippen molar-refractivity contribution >= 4 is 49.5 Å². The van der Waals surface area contributed by atoms with E-state index < -0.39 is 17.9 Å². The van der Waals surface area contributed by atoms with Crippen molar-refractivity contribution in [1.29, 1.82) is 0 Å². The molecule has 0 aliphatic rings. The van der Waals surface area contributed by atoms with Crippen molar-refractivity contribution in [2.45, 2.75) is 25.8 Å². The molecule has 0 bridgehead atoms. The average Bonchev–Trinajstić information content (AvgIpc) is 2.32. The first-order chi connectivity index (χ1) is 9.29. The summed E-state index contributed by atoms with van der Waals surface area (Å²) in [4.78, 5) is 34.0. The minimum absolute atomic E-state index is 0.0750. The van der Waals surface area contributed by atoms with Crippen molar-refractivity contribution in [3.8, 4) is 0 Å². The number of hydrogen-bond acceptors (Lipinski definition) is 3. The second-order valence-corrected chi connectivity index (χ2v) is 6.09. The lowest BCUT2D eigenvalue weighted by molar-refractivity contribution is -0.139. The van der Waals surface area contributed by atoms with E-state index in [9.17, 15) is 14.4 Å². The van der Waals surface area contributed by atoms with Gasteiger partial charge in [0, 0.05) is 20.9 Å². The predicted octanol–water partition coefficient (Wildman–Crippen LogP) is 2.76. The second-order valence-electron chi connectivity index (χ2n) is 4.26. The number of hydrogen-bond donors (Lipinski definition) is 2. The van der Waals surface area contributed by atoms with Crippen LogP contribution in [0.3, 0.4) is 0 Å². The van der Waals surface area contributed by atoms with Gasteiger partial charge in [0.1, 0.15) is 11.8 Å². The van der Waals surface area contributed by atoms with Gasteiger partial charge in [0.25, 0.3) is 5.91 Å². The first kappa shape index (κ1) is 16.8. The Hall–Kier alpha value is -1.21. The van der Waals surface area contributed by atoms with Crippen molar-refractivity contribution in [2.24, 2.45) is 0 Å². The van der Waals surface area contributed by atoms with Crippen LogP contribution in [0.2, 0.25) is 0 Å². The molecule has 2 N–H and O–H groups in total. The Labute approximate surface area is 133 Å². The maximum atomic E-state index is 12.0. The number of Topliss-reactive ketones (excluding diaryl/α,β-unsaturated/α-hetero) is 1. The number of benzene rings is 1. The molecule has 7 heteroatoms. The fourth-order valence-electron chi connectivity index (χ4n) is 1.53. The van der Waals surface area contributed by atoms with Crippen LogP contribution in [-0.4, -0.2) is 28.8 Å². The summed E-state index contributed by atoms with van der Waals surface area (Å²) < 4.78 is 1.40. The molecular formula is C13H13Br2NO4. The molecule has 1 rings (SSSR count). The topological polar surface area (TPSA) is 83.5 Å². The summed E-state index contributed by atoms with van der Waals surface area (Å²) in [5.74, 6) is -1.77.